The summed E-state index contributed by atoms with van der Waals surface area (Å²) in [6, 6.07) is 7.97. The number of para-hydroxylation sites is 1. The van der Waals surface area contributed by atoms with Gasteiger partial charge in [0.05, 0.1) is 5.69 Å². The smallest absolute Gasteiger partial charge is 0.137 e. The zero-order chi connectivity index (χ0) is 15.0. The van der Waals surface area contributed by atoms with Gasteiger partial charge in [0.2, 0.25) is 0 Å². The third-order valence-corrected chi connectivity index (χ3v) is 3.79. The van der Waals surface area contributed by atoms with Crippen LogP contribution in [0.25, 0.3) is 11.0 Å². The Morgan fingerprint density at radius 1 is 1.43 bits per heavy atom. The average Bonchev–Trinajstić information content (AvgIpc) is 3.04. The molecule has 0 aliphatic carbocycles. The molecule has 0 aliphatic rings. The van der Waals surface area contributed by atoms with Crippen LogP contribution in [0, 0.1) is 6.92 Å². The number of aryl methyl sites for hydroxylation is 3. The number of nitrogens with zero attached hydrogens (tertiary/aromatic N) is 2. The van der Waals surface area contributed by atoms with E-state index in [1.165, 1.54) is 0 Å². The second kappa shape index (κ2) is 5.35. The number of nitrogens with one attached hydrogen (secondary N) is 1. The van der Waals surface area contributed by atoms with Gasteiger partial charge >= 0.3 is 0 Å². The van der Waals surface area contributed by atoms with Crippen molar-refractivity contribution in [1.29, 1.82) is 0 Å². The Balaban J connectivity index is 2.11. The molecule has 21 heavy (non-hydrogen) atoms. The molecule has 0 amide bonds. The summed E-state index contributed by atoms with van der Waals surface area (Å²) >= 11 is 0. The van der Waals surface area contributed by atoms with E-state index in [2.05, 4.69) is 17.4 Å². The Labute approximate surface area is 123 Å². The van der Waals surface area contributed by atoms with Crippen LogP contribution < -0.4 is 11.3 Å². The number of fused-ring (bicyclic) bond motifs is 1. The normalized spacial score (nSPS) is 13.0. The van der Waals surface area contributed by atoms with Crippen LogP contribution in [0.5, 0.6) is 0 Å². The highest BCUT2D eigenvalue weighted by atomic mass is 16.3. The van der Waals surface area contributed by atoms with Crippen LogP contribution in [0.4, 0.5) is 0 Å². The summed E-state index contributed by atoms with van der Waals surface area (Å²) in [6.07, 6.45) is 2.84. The molecule has 2 heterocycles. The molecule has 0 spiro atoms. The van der Waals surface area contributed by atoms with Gasteiger partial charge in [-0.25, -0.2) is 5.43 Å². The number of rotatable bonds is 4. The van der Waals surface area contributed by atoms with E-state index in [-0.39, 0.29) is 6.04 Å². The summed E-state index contributed by atoms with van der Waals surface area (Å²) in [7, 11) is 1.92. The Morgan fingerprint density at radius 2 is 2.24 bits per heavy atom. The van der Waals surface area contributed by atoms with Crippen molar-refractivity contribution in [3.05, 3.63) is 53.0 Å². The molecular weight excluding hydrogens is 264 g/mol. The predicted octanol–water partition coefficient (Wildman–Crippen LogP) is 2.59. The van der Waals surface area contributed by atoms with Crippen molar-refractivity contribution >= 4 is 11.0 Å². The molecule has 0 radical (unpaired) electrons. The van der Waals surface area contributed by atoms with Gasteiger partial charge in [-0.2, -0.15) is 5.10 Å². The fraction of sp³-hybridized carbons (Fsp3) is 0.312. The van der Waals surface area contributed by atoms with Crippen molar-refractivity contribution in [3.63, 3.8) is 0 Å². The maximum Gasteiger partial charge on any atom is 0.137 e. The third kappa shape index (κ3) is 2.34. The fourth-order valence-electron chi connectivity index (χ4n) is 2.77. The van der Waals surface area contributed by atoms with E-state index in [0.717, 1.165) is 40.0 Å². The molecule has 3 aromatic rings. The fourth-order valence-corrected chi connectivity index (χ4v) is 2.77. The van der Waals surface area contributed by atoms with Crippen molar-refractivity contribution in [1.82, 2.24) is 15.2 Å². The molecule has 0 bridgehead atoms. The summed E-state index contributed by atoms with van der Waals surface area (Å²) in [5.41, 5.74) is 6.97. The van der Waals surface area contributed by atoms with Crippen LogP contribution in [0.3, 0.4) is 0 Å². The van der Waals surface area contributed by atoms with E-state index in [1.54, 1.807) is 0 Å². The average molecular weight is 284 g/mol. The summed E-state index contributed by atoms with van der Waals surface area (Å²) in [4.78, 5) is 0. The lowest BCUT2D eigenvalue weighted by molar-refractivity contribution is 0.474. The highest BCUT2D eigenvalue weighted by molar-refractivity contribution is 5.81. The minimum Gasteiger partial charge on any atom is -0.459 e. The van der Waals surface area contributed by atoms with Gasteiger partial charge in [0.15, 0.2) is 0 Å². The zero-order valence-corrected chi connectivity index (χ0v) is 12.6. The van der Waals surface area contributed by atoms with Gasteiger partial charge < -0.3 is 4.42 Å². The standard InChI is InChI=1S/C16H20N4O/c1-4-13-12(9-20(3)19-13)15(18-17)14-8-11-7-5-6-10(2)16(11)21-14/h5-9,15,18H,4,17H2,1-3H3. The number of aromatic nitrogens is 2. The molecule has 5 nitrogen and oxygen atoms in total. The van der Waals surface area contributed by atoms with E-state index in [9.17, 15) is 0 Å². The van der Waals surface area contributed by atoms with Crippen LogP contribution in [0.1, 0.15) is 35.5 Å². The topological polar surface area (TPSA) is 69.0 Å². The Hall–Kier alpha value is -2.11. The van der Waals surface area contributed by atoms with E-state index in [0.29, 0.717) is 0 Å². The van der Waals surface area contributed by atoms with Gasteiger partial charge in [-0.3, -0.25) is 10.5 Å². The molecule has 1 aromatic carbocycles. The van der Waals surface area contributed by atoms with Gasteiger partial charge in [-0.15, -0.1) is 0 Å². The summed E-state index contributed by atoms with van der Waals surface area (Å²) in [5.74, 6) is 6.59. The predicted molar refractivity (Wildman–Crippen MR) is 82.7 cm³/mol. The van der Waals surface area contributed by atoms with E-state index in [1.807, 2.05) is 49.1 Å². The monoisotopic (exact) mass is 284 g/mol. The molecule has 3 N–H and O–H groups in total. The van der Waals surface area contributed by atoms with E-state index in [4.69, 9.17) is 10.3 Å². The van der Waals surface area contributed by atoms with Crippen LogP contribution in [0.2, 0.25) is 0 Å². The van der Waals surface area contributed by atoms with E-state index < -0.39 is 0 Å². The summed E-state index contributed by atoms with van der Waals surface area (Å²) < 4.78 is 7.85. The van der Waals surface area contributed by atoms with Crippen molar-refractivity contribution in [3.8, 4) is 0 Å². The third-order valence-electron chi connectivity index (χ3n) is 3.79. The molecule has 0 saturated heterocycles. The van der Waals surface area contributed by atoms with Gasteiger partial charge in [-0.1, -0.05) is 25.1 Å². The van der Waals surface area contributed by atoms with Crippen LogP contribution in [-0.4, -0.2) is 9.78 Å². The SMILES string of the molecule is CCc1nn(C)cc1C(NN)c1cc2cccc(C)c2o1. The highest BCUT2D eigenvalue weighted by Crippen LogP contribution is 2.30. The number of benzene rings is 1. The van der Waals surface area contributed by atoms with E-state index >= 15 is 0 Å². The van der Waals surface area contributed by atoms with Gasteiger partial charge in [0.1, 0.15) is 17.4 Å². The molecule has 0 fully saturated rings. The molecule has 0 aliphatic heterocycles. The zero-order valence-electron chi connectivity index (χ0n) is 12.6. The largest absolute Gasteiger partial charge is 0.459 e. The minimum atomic E-state index is -0.194. The quantitative estimate of drug-likeness (QED) is 0.571. The minimum absolute atomic E-state index is 0.194. The van der Waals surface area contributed by atoms with Crippen LogP contribution >= 0.6 is 0 Å². The Kier molecular flexibility index (Phi) is 3.53. The van der Waals surface area contributed by atoms with Crippen LogP contribution in [-0.2, 0) is 13.5 Å². The van der Waals surface area contributed by atoms with Crippen LogP contribution in [0.15, 0.2) is 34.9 Å². The van der Waals surface area contributed by atoms with Gasteiger partial charge in [-0.05, 0) is 25.0 Å². The second-order valence-corrected chi connectivity index (χ2v) is 5.30. The molecule has 1 atom stereocenters. The molecule has 110 valence electrons. The van der Waals surface area contributed by atoms with Gasteiger partial charge in [0, 0.05) is 24.2 Å². The maximum absolute atomic E-state index is 6.04. The lowest BCUT2D eigenvalue weighted by Gasteiger charge is -2.12. The maximum atomic E-state index is 6.04. The molecule has 1 unspecified atom stereocenters. The summed E-state index contributed by atoms with van der Waals surface area (Å²) in [5, 5.41) is 5.56. The first kappa shape index (κ1) is 13.9. The van der Waals surface area contributed by atoms with Gasteiger partial charge in [0.25, 0.3) is 0 Å². The van der Waals surface area contributed by atoms with Crippen molar-refractivity contribution in [2.24, 2.45) is 12.9 Å². The molecule has 5 heteroatoms. The second-order valence-electron chi connectivity index (χ2n) is 5.30. The number of hydrogen-bond acceptors (Lipinski definition) is 4. The Morgan fingerprint density at radius 3 is 2.90 bits per heavy atom. The lowest BCUT2D eigenvalue weighted by atomic mass is 10.0. The van der Waals surface area contributed by atoms with Crippen molar-refractivity contribution in [2.45, 2.75) is 26.3 Å². The Bertz CT molecular complexity index is 772. The molecule has 3 rings (SSSR count). The molecular formula is C16H20N4O. The number of nitrogens with two attached hydrogens (primary N) is 1. The molecule has 0 saturated carbocycles. The number of hydrazine groups is 1. The summed E-state index contributed by atoms with van der Waals surface area (Å²) in [6.45, 7) is 4.13. The highest BCUT2D eigenvalue weighted by Gasteiger charge is 2.22. The van der Waals surface area contributed by atoms with Crippen molar-refractivity contribution in [2.75, 3.05) is 0 Å². The lowest BCUT2D eigenvalue weighted by Crippen LogP contribution is -2.29. The number of furan rings is 1. The first-order chi connectivity index (χ1) is 10.1. The van der Waals surface area contributed by atoms with Crippen molar-refractivity contribution < 1.29 is 4.42 Å². The first-order valence-corrected chi connectivity index (χ1v) is 7.11. The first-order valence-electron chi connectivity index (χ1n) is 7.11. The molecule has 2 aromatic heterocycles. The number of hydrogen-bond donors (Lipinski definition) is 2.